The molecule has 2 amide bonds. The third-order valence-corrected chi connectivity index (χ3v) is 10.4. The molecular formula is C32H34ClN3O6S2. The molecule has 0 spiro atoms. The van der Waals surface area contributed by atoms with Gasteiger partial charge in [-0.2, -0.15) is 4.99 Å². The molecule has 2 aliphatic heterocycles. The largest absolute Gasteiger partial charge is 0.455 e. The van der Waals surface area contributed by atoms with Crippen LogP contribution in [-0.4, -0.2) is 60.0 Å². The van der Waals surface area contributed by atoms with Crippen LogP contribution in [0.2, 0.25) is 5.02 Å². The lowest BCUT2D eigenvalue weighted by atomic mass is 10.1. The van der Waals surface area contributed by atoms with E-state index in [1.807, 2.05) is 61.5 Å². The molecule has 2 fully saturated rings. The van der Waals surface area contributed by atoms with Gasteiger partial charge in [0.2, 0.25) is 0 Å². The summed E-state index contributed by atoms with van der Waals surface area (Å²) >= 11 is 7.68. The lowest BCUT2D eigenvalue weighted by molar-refractivity contribution is -0.119. The zero-order valence-corrected chi connectivity index (χ0v) is 27.2. The van der Waals surface area contributed by atoms with Crippen LogP contribution in [0.1, 0.15) is 31.9 Å². The Labute approximate surface area is 266 Å². The number of aliphatic imine (C=N–C) groups is 1. The maximum Gasteiger partial charge on any atom is 0.408 e. The summed E-state index contributed by atoms with van der Waals surface area (Å²) in [5, 5.41) is 3.04. The summed E-state index contributed by atoms with van der Waals surface area (Å²) in [6, 6.07) is 20.4. The van der Waals surface area contributed by atoms with Crippen LogP contribution in [-0.2, 0) is 25.8 Å². The van der Waals surface area contributed by atoms with Crippen molar-refractivity contribution in [2.24, 2.45) is 4.99 Å². The number of hydrogen-bond donors (Lipinski definition) is 1. The van der Waals surface area contributed by atoms with Crippen molar-refractivity contribution >= 4 is 56.1 Å². The van der Waals surface area contributed by atoms with Crippen LogP contribution in [0.4, 0.5) is 10.5 Å². The number of rotatable bonds is 7. The third-order valence-electron chi connectivity index (χ3n) is 6.94. The normalized spacial score (nSPS) is 20.7. The van der Waals surface area contributed by atoms with Gasteiger partial charge in [0, 0.05) is 16.7 Å². The van der Waals surface area contributed by atoms with Gasteiger partial charge < -0.3 is 19.7 Å². The Kier molecular flexibility index (Phi) is 9.29. The van der Waals surface area contributed by atoms with Crippen molar-refractivity contribution in [3.63, 3.8) is 0 Å². The lowest BCUT2D eigenvalue weighted by Crippen LogP contribution is -2.45. The number of fused-ring (bicyclic) bond motifs is 1. The Morgan fingerprint density at radius 3 is 2.52 bits per heavy atom. The number of benzene rings is 3. The quantitative estimate of drug-likeness (QED) is 0.321. The van der Waals surface area contributed by atoms with Crippen molar-refractivity contribution in [1.82, 2.24) is 5.32 Å². The summed E-state index contributed by atoms with van der Waals surface area (Å²) in [7, 11) is -3.33. The number of thioether (sulfide) groups is 1. The van der Waals surface area contributed by atoms with Gasteiger partial charge in [0.15, 0.2) is 20.8 Å². The van der Waals surface area contributed by atoms with Crippen LogP contribution in [0.3, 0.4) is 0 Å². The Balaban J connectivity index is 1.53. The molecule has 44 heavy (non-hydrogen) atoms. The molecule has 0 bridgehead atoms. The summed E-state index contributed by atoms with van der Waals surface area (Å²) in [4.78, 5) is 32.8. The molecule has 3 atom stereocenters. The van der Waals surface area contributed by atoms with Crippen LogP contribution in [0.25, 0.3) is 0 Å². The molecule has 0 radical (unpaired) electrons. The molecule has 3 aromatic rings. The summed E-state index contributed by atoms with van der Waals surface area (Å²) in [5.74, 6) is 0.258. The number of nitrogens with zero attached hydrogens (tertiary/aromatic N) is 2. The topological polar surface area (TPSA) is 114 Å². The van der Waals surface area contributed by atoms with E-state index in [9.17, 15) is 18.0 Å². The van der Waals surface area contributed by atoms with Gasteiger partial charge in [0.05, 0.1) is 23.2 Å². The molecule has 5 rings (SSSR count). The number of halogens is 1. The van der Waals surface area contributed by atoms with Crippen molar-refractivity contribution < 1.29 is 27.5 Å². The minimum Gasteiger partial charge on any atom is -0.455 e. The van der Waals surface area contributed by atoms with Gasteiger partial charge in [-0.1, -0.05) is 65.8 Å². The minimum absolute atomic E-state index is 0.0513. The van der Waals surface area contributed by atoms with Gasteiger partial charge in [0.1, 0.15) is 17.4 Å². The first-order valence-electron chi connectivity index (χ1n) is 14.1. The van der Waals surface area contributed by atoms with E-state index in [4.69, 9.17) is 21.1 Å². The fourth-order valence-electron chi connectivity index (χ4n) is 5.09. The molecule has 2 aliphatic rings. The van der Waals surface area contributed by atoms with Crippen molar-refractivity contribution in [2.75, 3.05) is 16.4 Å². The fourth-order valence-corrected chi connectivity index (χ4v) is 9.17. The second kappa shape index (κ2) is 12.8. The van der Waals surface area contributed by atoms with Crippen LogP contribution in [0, 0.1) is 6.92 Å². The average molecular weight is 656 g/mol. The van der Waals surface area contributed by atoms with Crippen LogP contribution >= 0.6 is 23.4 Å². The molecule has 9 nitrogen and oxygen atoms in total. The summed E-state index contributed by atoms with van der Waals surface area (Å²) in [6.07, 6.45) is -0.560. The first kappa shape index (κ1) is 31.9. The van der Waals surface area contributed by atoms with Crippen molar-refractivity contribution in [1.29, 1.82) is 0 Å². The monoisotopic (exact) mass is 655 g/mol. The van der Waals surface area contributed by atoms with E-state index in [-0.39, 0.29) is 23.2 Å². The lowest BCUT2D eigenvalue weighted by Gasteiger charge is -2.27. The number of ether oxygens (including phenoxy) is 2. The average Bonchev–Trinajstić information content (AvgIpc) is 3.39. The van der Waals surface area contributed by atoms with E-state index < -0.39 is 39.5 Å². The minimum atomic E-state index is -3.33. The van der Waals surface area contributed by atoms with Crippen molar-refractivity contribution in [3.8, 4) is 11.5 Å². The SMILES string of the molecule is Cc1cccc(Oc2ccc(Cl)cc2N2C(=NC(=O)[C@@H](Cc3ccccc3)NC(=O)OC(C)(C)C)S[C@H]3CS(=O)(=O)C[C@H]32)c1. The number of carbonyl (C=O) groups is 2. The highest BCUT2D eigenvalue weighted by Crippen LogP contribution is 2.45. The molecule has 3 aromatic carbocycles. The number of nitrogens with one attached hydrogen (secondary N) is 1. The summed E-state index contributed by atoms with van der Waals surface area (Å²) < 4.78 is 37.1. The number of amides is 2. The highest BCUT2D eigenvalue weighted by Gasteiger charge is 2.50. The van der Waals surface area contributed by atoms with E-state index in [0.717, 1.165) is 11.1 Å². The van der Waals surface area contributed by atoms with E-state index in [0.29, 0.717) is 27.4 Å². The highest BCUT2D eigenvalue weighted by atomic mass is 35.5. The second-order valence-electron chi connectivity index (χ2n) is 11.8. The molecule has 0 aromatic heterocycles. The predicted molar refractivity (Wildman–Crippen MR) is 175 cm³/mol. The molecular weight excluding hydrogens is 622 g/mol. The Morgan fingerprint density at radius 2 is 1.82 bits per heavy atom. The number of aryl methyl sites for hydroxylation is 1. The van der Waals surface area contributed by atoms with Crippen LogP contribution in [0.5, 0.6) is 11.5 Å². The van der Waals surface area contributed by atoms with Crippen LogP contribution in [0.15, 0.2) is 77.8 Å². The van der Waals surface area contributed by atoms with Gasteiger partial charge in [0.25, 0.3) is 5.91 Å². The first-order valence-corrected chi connectivity index (χ1v) is 17.2. The Morgan fingerprint density at radius 1 is 1.07 bits per heavy atom. The zero-order chi connectivity index (χ0) is 31.6. The number of hydrogen-bond acceptors (Lipinski definition) is 7. The first-order chi connectivity index (χ1) is 20.8. The van der Waals surface area contributed by atoms with Crippen LogP contribution < -0.4 is 15.0 Å². The number of carbonyl (C=O) groups excluding carboxylic acids is 2. The van der Waals surface area contributed by atoms with Crippen molar-refractivity contribution in [2.45, 2.75) is 57.1 Å². The second-order valence-corrected chi connectivity index (χ2v) is 15.6. The molecule has 12 heteroatoms. The summed E-state index contributed by atoms with van der Waals surface area (Å²) in [5.41, 5.74) is 1.55. The molecule has 2 saturated heterocycles. The third kappa shape index (κ3) is 7.94. The molecule has 2 heterocycles. The molecule has 232 valence electrons. The van der Waals surface area contributed by atoms with Gasteiger partial charge >= 0.3 is 6.09 Å². The zero-order valence-electron chi connectivity index (χ0n) is 24.8. The Hall–Kier alpha value is -3.54. The highest BCUT2D eigenvalue weighted by molar-refractivity contribution is 8.16. The van der Waals surface area contributed by atoms with E-state index in [2.05, 4.69) is 10.3 Å². The fraction of sp³-hybridized carbons (Fsp3) is 0.344. The van der Waals surface area contributed by atoms with Gasteiger partial charge in [-0.3, -0.25) is 4.79 Å². The predicted octanol–water partition coefficient (Wildman–Crippen LogP) is 6.18. The number of sulfone groups is 1. The number of alkyl carbamates (subject to hydrolysis) is 1. The Bertz CT molecular complexity index is 1690. The standard InChI is InChI=1S/C32H34ClN3O6S2/c1-20-9-8-12-23(15-20)41-27-14-13-22(33)17-25(27)36-26-18-44(39,40)19-28(26)43-30(36)35-29(37)24(16-21-10-6-5-7-11-21)34-31(38)42-32(2,3)4/h5-15,17,24,26,28H,16,18-19H2,1-4H3,(H,34,38)/t24-,26-,28+/m1/s1. The van der Waals surface area contributed by atoms with E-state index >= 15 is 0 Å². The number of amidine groups is 1. The molecule has 0 aliphatic carbocycles. The smallest absolute Gasteiger partial charge is 0.408 e. The van der Waals surface area contributed by atoms with Gasteiger partial charge in [-0.15, -0.1) is 0 Å². The van der Waals surface area contributed by atoms with E-state index in [1.165, 1.54) is 11.8 Å². The van der Waals surface area contributed by atoms with Crippen molar-refractivity contribution in [3.05, 3.63) is 88.9 Å². The van der Waals surface area contributed by atoms with Gasteiger partial charge in [-0.05, 0) is 69.2 Å². The van der Waals surface area contributed by atoms with Gasteiger partial charge in [-0.25, -0.2) is 13.2 Å². The van der Waals surface area contributed by atoms with E-state index in [1.54, 1.807) is 43.9 Å². The maximum absolute atomic E-state index is 13.8. The number of anilines is 1. The molecule has 1 N–H and O–H groups in total. The molecule has 0 unspecified atom stereocenters. The summed E-state index contributed by atoms with van der Waals surface area (Å²) in [6.45, 7) is 7.17. The maximum atomic E-state index is 13.8. The molecule has 0 saturated carbocycles.